The summed E-state index contributed by atoms with van der Waals surface area (Å²) < 4.78 is 4.74. The van der Waals surface area contributed by atoms with Crippen LogP contribution in [0.3, 0.4) is 0 Å². The van der Waals surface area contributed by atoms with Gasteiger partial charge in [0, 0.05) is 87.3 Å². The molecule has 52 heavy (non-hydrogen) atoms. The highest BCUT2D eigenvalue weighted by Gasteiger charge is 2.20. The van der Waals surface area contributed by atoms with E-state index < -0.39 is 5.97 Å². The van der Waals surface area contributed by atoms with E-state index >= 15 is 0 Å². The van der Waals surface area contributed by atoms with E-state index in [-0.39, 0.29) is 30.2 Å². The fourth-order valence-electron chi connectivity index (χ4n) is 5.91. The Morgan fingerprint density at radius 2 is 1.06 bits per heavy atom. The van der Waals surface area contributed by atoms with E-state index in [1.54, 1.807) is 19.9 Å². The van der Waals surface area contributed by atoms with Gasteiger partial charge in [-0.15, -0.1) is 35.1 Å². The van der Waals surface area contributed by atoms with Gasteiger partial charge in [0.1, 0.15) is 9.75 Å². The molecule has 0 atom stereocenters. The first-order chi connectivity index (χ1) is 24.6. The average molecular weight is 769 g/mol. The Balaban J connectivity index is 0.000000228. The van der Waals surface area contributed by atoms with Gasteiger partial charge in [0.25, 0.3) is 0 Å². The summed E-state index contributed by atoms with van der Waals surface area (Å²) in [6, 6.07) is 15.6. The SMILES string of the molecule is CC(=O)N1CCN(c2ccc(CCc3ccc(C(=O)O)s3)nc2)CC1.COC(=O)c1ccc(CCc2ccc(N3CCN(C(C)=O)CC3)cn2)s1.Cl. The van der Waals surface area contributed by atoms with Crippen LogP contribution in [0.25, 0.3) is 0 Å². The minimum Gasteiger partial charge on any atom is -0.477 e. The van der Waals surface area contributed by atoms with Crippen LogP contribution in [-0.4, -0.2) is 108 Å². The summed E-state index contributed by atoms with van der Waals surface area (Å²) in [7, 11) is 1.40. The topological polar surface area (TPSA) is 136 Å². The van der Waals surface area contributed by atoms with Crippen LogP contribution in [0.15, 0.2) is 60.9 Å². The molecule has 0 saturated carbocycles. The number of carbonyl (C=O) groups excluding carboxylic acids is 3. The Kier molecular flexibility index (Phi) is 15.0. The van der Waals surface area contributed by atoms with E-state index in [9.17, 15) is 19.2 Å². The Morgan fingerprint density at radius 1 is 0.635 bits per heavy atom. The highest BCUT2D eigenvalue weighted by molar-refractivity contribution is 7.14. The number of halogens is 1. The van der Waals surface area contributed by atoms with Gasteiger partial charge in [0.2, 0.25) is 11.8 Å². The van der Waals surface area contributed by atoms with Crippen LogP contribution in [0.1, 0.15) is 54.3 Å². The molecule has 15 heteroatoms. The van der Waals surface area contributed by atoms with E-state index in [4.69, 9.17) is 9.84 Å². The van der Waals surface area contributed by atoms with Crippen LogP contribution in [0, 0.1) is 0 Å². The van der Waals surface area contributed by atoms with Crippen molar-refractivity contribution in [2.24, 2.45) is 0 Å². The van der Waals surface area contributed by atoms with Gasteiger partial charge in [-0.25, -0.2) is 9.59 Å². The zero-order chi connectivity index (χ0) is 36.3. The number of anilines is 2. The molecule has 1 N–H and O–H groups in total. The summed E-state index contributed by atoms with van der Waals surface area (Å²) in [5.41, 5.74) is 4.21. The quantitative estimate of drug-likeness (QED) is 0.217. The van der Waals surface area contributed by atoms with Crippen LogP contribution < -0.4 is 9.80 Å². The molecule has 2 fully saturated rings. The largest absolute Gasteiger partial charge is 0.477 e. The maximum atomic E-state index is 11.5. The predicted molar refractivity (Wildman–Crippen MR) is 206 cm³/mol. The highest BCUT2D eigenvalue weighted by Crippen LogP contribution is 2.22. The lowest BCUT2D eigenvalue weighted by Gasteiger charge is -2.35. The number of nitrogens with zero attached hydrogens (tertiary/aromatic N) is 6. The normalized spacial score (nSPS) is 14.2. The molecular weight excluding hydrogens is 724 g/mol. The fourth-order valence-corrected chi connectivity index (χ4v) is 7.69. The molecule has 12 nitrogen and oxygen atoms in total. The maximum Gasteiger partial charge on any atom is 0.348 e. The first kappa shape index (κ1) is 40.2. The van der Waals surface area contributed by atoms with E-state index in [2.05, 4.69) is 38.0 Å². The lowest BCUT2D eigenvalue weighted by atomic mass is 10.2. The molecule has 278 valence electrons. The molecule has 0 spiro atoms. The average Bonchev–Trinajstić information content (AvgIpc) is 3.84. The van der Waals surface area contributed by atoms with Crippen molar-refractivity contribution in [3.8, 4) is 0 Å². The molecule has 2 saturated heterocycles. The van der Waals surface area contributed by atoms with Gasteiger partial charge < -0.3 is 29.4 Å². The predicted octanol–water partition coefficient (Wildman–Crippen LogP) is 5.10. The van der Waals surface area contributed by atoms with Crippen LogP contribution >= 0.6 is 35.1 Å². The summed E-state index contributed by atoms with van der Waals surface area (Å²) in [6.07, 6.45) is 7.06. The number of ether oxygens (including phenoxy) is 1. The standard InChI is InChI=1S/C19H23N3O3S.C18H21N3O3S.ClH/c1-14(23)21-9-11-22(12-10-21)16-5-3-15(20-13-16)4-6-17-7-8-18(26-17)19(24)25-2;1-13(22)20-8-10-21(11-9-20)15-4-2-14(19-12-15)3-5-16-6-7-17(25-16)18(23)24;/h3,5,7-8,13H,4,6,9-12H2,1-2H3;2,4,6-7,12H,3,5,8-11H2,1H3,(H,23,24);1H. The minimum absolute atomic E-state index is 0. The number of methoxy groups -OCH3 is 1. The Hall–Kier alpha value is -4.53. The first-order valence-electron chi connectivity index (χ1n) is 17.0. The lowest BCUT2D eigenvalue weighted by Crippen LogP contribution is -2.48. The molecule has 2 aliphatic heterocycles. The number of carboxylic acid groups (broad SMARTS) is 1. The fraction of sp³-hybridized carbons (Fsp3) is 0.405. The third-order valence-electron chi connectivity index (χ3n) is 8.97. The number of carbonyl (C=O) groups is 4. The molecule has 2 amide bonds. The van der Waals surface area contributed by atoms with Crippen LogP contribution in [0.4, 0.5) is 11.4 Å². The third kappa shape index (κ3) is 11.2. The number of thiophene rings is 2. The molecule has 0 unspecified atom stereocenters. The summed E-state index contributed by atoms with van der Waals surface area (Å²) >= 11 is 2.79. The van der Waals surface area contributed by atoms with Gasteiger partial charge >= 0.3 is 11.9 Å². The van der Waals surface area contributed by atoms with Crippen molar-refractivity contribution in [3.63, 3.8) is 0 Å². The summed E-state index contributed by atoms with van der Waals surface area (Å²) in [5, 5.41) is 8.96. The van der Waals surface area contributed by atoms with Crippen molar-refractivity contribution in [2.75, 3.05) is 69.3 Å². The molecule has 0 aromatic carbocycles. The molecule has 4 aromatic heterocycles. The number of hydrogen-bond donors (Lipinski definition) is 1. The number of rotatable bonds is 10. The van der Waals surface area contributed by atoms with E-state index in [0.29, 0.717) is 9.75 Å². The minimum atomic E-state index is -0.872. The smallest absolute Gasteiger partial charge is 0.348 e. The van der Waals surface area contributed by atoms with Crippen molar-refractivity contribution < 1.29 is 29.0 Å². The summed E-state index contributed by atoms with van der Waals surface area (Å²) in [5.74, 6) is -0.882. The van der Waals surface area contributed by atoms with Crippen LogP contribution in [-0.2, 0) is 40.0 Å². The molecule has 0 bridgehead atoms. The van der Waals surface area contributed by atoms with Gasteiger partial charge in [-0.05, 0) is 74.2 Å². The van der Waals surface area contributed by atoms with E-state index in [0.717, 1.165) is 111 Å². The zero-order valence-electron chi connectivity index (χ0n) is 29.7. The number of piperazine rings is 2. The monoisotopic (exact) mass is 768 g/mol. The van der Waals surface area contributed by atoms with E-state index in [1.165, 1.54) is 29.8 Å². The van der Waals surface area contributed by atoms with Gasteiger partial charge in [-0.2, -0.15) is 0 Å². The number of carboxylic acids is 1. The molecule has 2 aliphatic rings. The second kappa shape index (κ2) is 19.3. The molecule has 6 heterocycles. The number of aryl methyl sites for hydroxylation is 4. The van der Waals surface area contributed by atoms with Crippen molar-refractivity contribution in [1.82, 2.24) is 19.8 Å². The Labute approximate surface area is 318 Å². The van der Waals surface area contributed by atoms with Crippen molar-refractivity contribution in [3.05, 3.63) is 91.8 Å². The van der Waals surface area contributed by atoms with Crippen LogP contribution in [0.2, 0.25) is 0 Å². The lowest BCUT2D eigenvalue weighted by molar-refractivity contribution is -0.129. The van der Waals surface area contributed by atoms with Crippen molar-refractivity contribution in [1.29, 1.82) is 0 Å². The van der Waals surface area contributed by atoms with Gasteiger partial charge in [0.05, 0.1) is 30.9 Å². The number of pyridine rings is 2. The van der Waals surface area contributed by atoms with Crippen LogP contribution in [0.5, 0.6) is 0 Å². The first-order valence-corrected chi connectivity index (χ1v) is 18.6. The van der Waals surface area contributed by atoms with Crippen molar-refractivity contribution >= 4 is 70.2 Å². The van der Waals surface area contributed by atoms with E-state index in [1.807, 2.05) is 46.5 Å². The van der Waals surface area contributed by atoms with Crippen molar-refractivity contribution in [2.45, 2.75) is 39.5 Å². The maximum absolute atomic E-state index is 11.5. The molecule has 0 radical (unpaired) electrons. The number of esters is 1. The number of aromatic nitrogens is 2. The Bertz CT molecular complexity index is 1780. The number of amides is 2. The number of hydrogen-bond acceptors (Lipinski definition) is 11. The summed E-state index contributed by atoms with van der Waals surface area (Å²) in [6.45, 7) is 9.59. The van der Waals surface area contributed by atoms with Gasteiger partial charge in [-0.3, -0.25) is 19.6 Å². The highest BCUT2D eigenvalue weighted by atomic mass is 35.5. The molecule has 6 rings (SSSR count). The van der Waals surface area contributed by atoms with Gasteiger partial charge in [-0.1, -0.05) is 0 Å². The molecule has 4 aromatic rings. The summed E-state index contributed by atoms with van der Waals surface area (Å²) in [4.78, 5) is 65.8. The third-order valence-corrected chi connectivity index (χ3v) is 11.2. The Morgan fingerprint density at radius 3 is 1.40 bits per heavy atom. The van der Waals surface area contributed by atoms with Gasteiger partial charge in [0.15, 0.2) is 0 Å². The molecule has 0 aliphatic carbocycles. The second-order valence-electron chi connectivity index (χ2n) is 12.3. The zero-order valence-corrected chi connectivity index (χ0v) is 32.1. The number of aromatic carboxylic acids is 1. The second-order valence-corrected chi connectivity index (χ2v) is 14.7. The molecular formula is C37H45ClN6O6S2.